The van der Waals surface area contributed by atoms with Crippen molar-refractivity contribution in [2.75, 3.05) is 10.6 Å². The fourth-order valence-electron chi connectivity index (χ4n) is 2.17. The van der Waals surface area contributed by atoms with Crippen LogP contribution in [0.1, 0.15) is 32.3 Å². The molecule has 0 aliphatic carbocycles. The molecule has 0 spiro atoms. The van der Waals surface area contributed by atoms with Gasteiger partial charge in [-0.05, 0) is 36.6 Å². The number of carbonyl (C=O) groups is 1. The highest BCUT2D eigenvalue weighted by atomic mass is 16.1. The van der Waals surface area contributed by atoms with Crippen molar-refractivity contribution in [2.45, 2.75) is 33.2 Å². The second-order valence-electron chi connectivity index (χ2n) is 5.15. The third-order valence-corrected chi connectivity index (χ3v) is 3.59. The summed E-state index contributed by atoms with van der Waals surface area (Å²) in [6.45, 7) is 4.73. The minimum atomic E-state index is 0.0357. The van der Waals surface area contributed by atoms with Gasteiger partial charge in [-0.3, -0.25) is 9.78 Å². The molecule has 0 fully saturated rings. The molecular weight excluding hydrogens is 276 g/mol. The molecule has 2 aromatic rings. The normalized spacial score (nSPS) is 10.5. The molecule has 116 valence electrons. The maximum absolute atomic E-state index is 12.0. The predicted molar refractivity (Wildman–Crippen MR) is 88.5 cm³/mol. The Kier molecular flexibility index (Phi) is 5.89. The van der Waals surface area contributed by atoms with Crippen molar-refractivity contribution < 1.29 is 4.79 Å². The van der Waals surface area contributed by atoms with Crippen LogP contribution < -0.4 is 10.6 Å². The Morgan fingerprint density at radius 3 is 2.59 bits per heavy atom. The summed E-state index contributed by atoms with van der Waals surface area (Å²) in [4.78, 5) is 20.3. The first-order chi connectivity index (χ1) is 10.7. The fourth-order valence-corrected chi connectivity index (χ4v) is 2.17. The minimum absolute atomic E-state index is 0.0357. The van der Waals surface area contributed by atoms with Crippen LogP contribution in [0, 0.1) is 5.92 Å². The zero-order valence-electron chi connectivity index (χ0n) is 13.0. The summed E-state index contributed by atoms with van der Waals surface area (Å²) < 4.78 is 0. The number of anilines is 2. The molecule has 5 heteroatoms. The largest absolute Gasteiger partial charge is 0.380 e. The Hall–Kier alpha value is -2.43. The van der Waals surface area contributed by atoms with Gasteiger partial charge < -0.3 is 10.6 Å². The number of amides is 1. The van der Waals surface area contributed by atoms with Gasteiger partial charge in [0.15, 0.2) is 0 Å². The molecule has 0 aliphatic rings. The maximum Gasteiger partial charge on any atom is 0.228 e. The van der Waals surface area contributed by atoms with Crippen LogP contribution in [0.2, 0.25) is 0 Å². The van der Waals surface area contributed by atoms with E-state index in [9.17, 15) is 4.79 Å². The summed E-state index contributed by atoms with van der Waals surface area (Å²) in [7, 11) is 0. The molecule has 2 rings (SSSR count). The van der Waals surface area contributed by atoms with Crippen molar-refractivity contribution in [3.63, 3.8) is 0 Å². The Bertz CT molecular complexity index is 579. The number of hydrogen-bond donors (Lipinski definition) is 2. The molecule has 0 unspecified atom stereocenters. The van der Waals surface area contributed by atoms with Gasteiger partial charge >= 0.3 is 0 Å². The lowest BCUT2D eigenvalue weighted by Gasteiger charge is -2.12. The van der Waals surface area contributed by atoms with E-state index in [4.69, 9.17) is 0 Å². The Morgan fingerprint density at radius 2 is 2.00 bits per heavy atom. The molecule has 1 amide bonds. The summed E-state index contributed by atoms with van der Waals surface area (Å²) in [6, 6.07) is 7.64. The van der Waals surface area contributed by atoms with Crippen LogP contribution in [0.4, 0.5) is 11.5 Å². The molecule has 2 N–H and O–H groups in total. The number of pyridine rings is 2. The smallest absolute Gasteiger partial charge is 0.228 e. The molecule has 2 heterocycles. The lowest BCUT2D eigenvalue weighted by molar-refractivity contribution is -0.120. The second-order valence-corrected chi connectivity index (χ2v) is 5.15. The highest BCUT2D eigenvalue weighted by molar-refractivity contribution is 5.91. The van der Waals surface area contributed by atoms with Crippen LogP contribution in [0.5, 0.6) is 0 Å². The van der Waals surface area contributed by atoms with E-state index in [0.717, 1.165) is 24.1 Å². The van der Waals surface area contributed by atoms with Crippen LogP contribution in [0.25, 0.3) is 0 Å². The molecular formula is C17H22N4O. The first-order valence-corrected chi connectivity index (χ1v) is 7.62. The summed E-state index contributed by atoms with van der Waals surface area (Å²) in [5, 5.41) is 6.13. The first kappa shape index (κ1) is 15.9. The van der Waals surface area contributed by atoms with E-state index in [0.29, 0.717) is 12.4 Å². The number of nitrogens with one attached hydrogen (secondary N) is 2. The molecule has 0 bridgehead atoms. The number of rotatable bonds is 7. The molecule has 0 atom stereocenters. The van der Waals surface area contributed by atoms with Gasteiger partial charge in [0.2, 0.25) is 5.91 Å². The molecule has 0 aromatic carbocycles. The maximum atomic E-state index is 12.0. The van der Waals surface area contributed by atoms with E-state index >= 15 is 0 Å². The summed E-state index contributed by atoms with van der Waals surface area (Å²) >= 11 is 0. The van der Waals surface area contributed by atoms with Gasteiger partial charge in [-0.15, -0.1) is 0 Å². The molecule has 0 aliphatic heterocycles. The highest BCUT2D eigenvalue weighted by Crippen LogP contribution is 2.14. The summed E-state index contributed by atoms with van der Waals surface area (Å²) in [5.41, 5.74) is 2.01. The monoisotopic (exact) mass is 298 g/mol. The van der Waals surface area contributed by atoms with Crippen molar-refractivity contribution in [2.24, 2.45) is 5.92 Å². The van der Waals surface area contributed by atoms with Crippen LogP contribution >= 0.6 is 0 Å². The van der Waals surface area contributed by atoms with Gasteiger partial charge in [0.05, 0.1) is 11.9 Å². The molecule has 22 heavy (non-hydrogen) atoms. The predicted octanol–water partition coefficient (Wildman–Crippen LogP) is 3.46. The SMILES string of the molecule is CCC(CC)C(=O)Nc1ccc(NCc2cccnc2)cn1. The fraction of sp³-hybridized carbons (Fsp3) is 0.353. The van der Waals surface area contributed by atoms with Crippen molar-refractivity contribution >= 4 is 17.4 Å². The van der Waals surface area contributed by atoms with Gasteiger partial charge in [0.1, 0.15) is 5.82 Å². The standard InChI is InChI=1S/C17H22N4O/c1-3-14(4-2)17(22)21-16-8-7-15(12-20-16)19-11-13-6-5-9-18-10-13/h5-10,12,14,19H,3-4,11H2,1-2H3,(H,20,21,22). The minimum Gasteiger partial charge on any atom is -0.380 e. The van der Waals surface area contributed by atoms with Gasteiger partial charge in [-0.1, -0.05) is 19.9 Å². The van der Waals surface area contributed by atoms with Crippen LogP contribution in [-0.4, -0.2) is 15.9 Å². The first-order valence-electron chi connectivity index (χ1n) is 7.62. The highest BCUT2D eigenvalue weighted by Gasteiger charge is 2.14. The van der Waals surface area contributed by atoms with Gasteiger partial charge in [-0.2, -0.15) is 0 Å². The van der Waals surface area contributed by atoms with Crippen molar-refractivity contribution in [1.82, 2.24) is 9.97 Å². The quantitative estimate of drug-likeness (QED) is 0.821. The number of nitrogens with zero attached hydrogens (tertiary/aromatic N) is 2. The Morgan fingerprint density at radius 1 is 1.18 bits per heavy atom. The van der Waals surface area contributed by atoms with Gasteiger partial charge in [-0.25, -0.2) is 4.98 Å². The lowest BCUT2D eigenvalue weighted by Crippen LogP contribution is -2.22. The molecule has 5 nitrogen and oxygen atoms in total. The van der Waals surface area contributed by atoms with Crippen LogP contribution in [0.3, 0.4) is 0 Å². The van der Waals surface area contributed by atoms with E-state index in [1.165, 1.54) is 0 Å². The van der Waals surface area contributed by atoms with E-state index in [1.807, 2.05) is 44.3 Å². The average molecular weight is 298 g/mol. The van der Waals surface area contributed by atoms with Crippen LogP contribution in [0.15, 0.2) is 42.9 Å². The third kappa shape index (κ3) is 4.55. The molecule has 0 saturated heterocycles. The molecule has 2 aromatic heterocycles. The van der Waals surface area contributed by atoms with E-state index in [-0.39, 0.29) is 11.8 Å². The van der Waals surface area contributed by atoms with E-state index in [2.05, 4.69) is 20.6 Å². The zero-order valence-corrected chi connectivity index (χ0v) is 13.0. The van der Waals surface area contributed by atoms with Crippen molar-refractivity contribution in [3.05, 3.63) is 48.4 Å². The van der Waals surface area contributed by atoms with E-state index < -0.39 is 0 Å². The zero-order chi connectivity index (χ0) is 15.8. The lowest BCUT2D eigenvalue weighted by atomic mass is 10.0. The average Bonchev–Trinajstić information content (AvgIpc) is 2.56. The Balaban J connectivity index is 1.89. The molecule has 0 radical (unpaired) electrons. The number of aromatic nitrogens is 2. The van der Waals surface area contributed by atoms with Gasteiger partial charge in [0, 0.05) is 24.9 Å². The van der Waals surface area contributed by atoms with Crippen molar-refractivity contribution in [1.29, 1.82) is 0 Å². The van der Waals surface area contributed by atoms with Gasteiger partial charge in [0.25, 0.3) is 0 Å². The number of carbonyl (C=O) groups excluding carboxylic acids is 1. The third-order valence-electron chi connectivity index (χ3n) is 3.59. The van der Waals surface area contributed by atoms with Crippen LogP contribution in [-0.2, 0) is 11.3 Å². The summed E-state index contributed by atoms with van der Waals surface area (Å²) in [5.74, 6) is 0.669. The topological polar surface area (TPSA) is 66.9 Å². The number of hydrogen-bond acceptors (Lipinski definition) is 4. The molecule has 0 saturated carbocycles. The Labute approximate surface area is 131 Å². The van der Waals surface area contributed by atoms with Crippen molar-refractivity contribution in [3.8, 4) is 0 Å². The summed E-state index contributed by atoms with van der Waals surface area (Å²) in [6.07, 6.45) is 6.98. The van der Waals surface area contributed by atoms with E-state index in [1.54, 1.807) is 12.4 Å². The second kappa shape index (κ2) is 8.12.